The standard InChI is InChI=1S/C24H24BrN3O3S/c1-3-4-11-22(29)27-20-13-12-15(14-21(20)31-2)26-24(32)28-23(30)18-9-5-8-17-16(18)7-6-10-19(17)25/h5-10,12-14H,3-4,11H2,1-2H3,(H,27,29)(H2,26,28,30,32). The second-order valence-electron chi connectivity index (χ2n) is 7.12. The van der Waals surface area contributed by atoms with Crippen molar-refractivity contribution >= 4 is 67.2 Å². The van der Waals surface area contributed by atoms with Gasteiger partial charge in [-0.1, -0.05) is 53.5 Å². The molecular weight excluding hydrogens is 490 g/mol. The predicted octanol–water partition coefficient (Wildman–Crippen LogP) is 5.87. The minimum Gasteiger partial charge on any atom is -0.494 e. The summed E-state index contributed by atoms with van der Waals surface area (Å²) in [5, 5.41) is 10.5. The Morgan fingerprint density at radius 1 is 1.03 bits per heavy atom. The highest BCUT2D eigenvalue weighted by molar-refractivity contribution is 9.10. The molecule has 0 aromatic heterocycles. The van der Waals surface area contributed by atoms with E-state index in [1.54, 1.807) is 24.3 Å². The van der Waals surface area contributed by atoms with E-state index in [2.05, 4.69) is 31.9 Å². The predicted molar refractivity (Wildman–Crippen MR) is 136 cm³/mol. The van der Waals surface area contributed by atoms with Crippen LogP contribution in [0.15, 0.2) is 59.1 Å². The van der Waals surface area contributed by atoms with Crippen LogP contribution >= 0.6 is 28.1 Å². The van der Waals surface area contributed by atoms with Gasteiger partial charge in [0.05, 0.1) is 12.8 Å². The van der Waals surface area contributed by atoms with Crippen LogP contribution < -0.4 is 20.7 Å². The molecule has 8 heteroatoms. The minimum absolute atomic E-state index is 0.0598. The Bertz CT molecular complexity index is 1170. The first-order valence-electron chi connectivity index (χ1n) is 10.2. The molecule has 3 aromatic rings. The highest BCUT2D eigenvalue weighted by atomic mass is 79.9. The van der Waals surface area contributed by atoms with Gasteiger partial charge in [0.1, 0.15) is 5.75 Å². The van der Waals surface area contributed by atoms with E-state index < -0.39 is 0 Å². The first kappa shape index (κ1) is 23.7. The summed E-state index contributed by atoms with van der Waals surface area (Å²) in [6.07, 6.45) is 2.24. The zero-order chi connectivity index (χ0) is 23.1. The molecule has 2 amide bonds. The fourth-order valence-electron chi connectivity index (χ4n) is 3.22. The average molecular weight is 514 g/mol. The van der Waals surface area contributed by atoms with Gasteiger partial charge in [0.15, 0.2) is 5.11 Å². The first-order valence-corrected chi connectivity index (χ1v) is 11.4. The highest BCUT2D eigenvalue weighted by Gasteiger charge is 2.14. The molecule has 0 atom stereocenters. The van der Waals surface area contributed by atoms with E-state index >= 15 is 0 Å². The summed E-state index contributed by atoms with van der Waals surface area (Å²) in [5.41, 5.74) is 1.73. The number of rotatable bonds is 7. The second kappa shape index (κ2) is 11.1. The minimum atomic E-state index is -0.307. The SMILES string of the molecule is CCCCC(=O)Nc1ccc(NC(=S)NC(=O)c2cccc3c(Br)cccc23)cc1OC. The Labute approximate surface area is 200 Å². The Hall–Kier alpha value is -2.97. The molecule has 3 aromatic carbocycles. The van der Waals surface area contributed by atoms with E-state index in [1.165, 1.54) is 7.11 Å². The maximum Gasteiger partial charge on any atom is 0.258 e. The lowest BCUT2D eigenvalue weighted by Crippen LogP contribution is -2.34. The van der Waals surface area contributed by atoms with Crippen LogP contribution in [-0.2, 0) is 4.79 Å². The van der Waals surface area contributed by atoms with Crippen molar-refractivity contribution in [1.29, 1.82) is 0 Å². The lowest BCUT2D eigenvalue weighted by molar-refractivity contribution is -0.116. The molecule has 3 N–H and O–H groups in total. The number of halogens is 1. The molecule has 0 radical (unpaired) electrons. The van der Waals surface area contributed by atoms with Gasteiger partial charge in [-0.05, 0) is 53.7 Å². The molecule has 0 aliphatic carbocycles. The molecule has 0 bridgehead atoms. The van der Waals surface area contributed by atoms with Crippen molar-refractivity contribution in [3.8, 4) is 5.75 Å². The van der Waals surface area contributed by atoms with Gasteiger partial charge >= 0.3 is 0 Å². The number of nitrogens with one attached hydrogen (secondary N) is 3. The van der Waals surface area contributed by atoms with Crippen molar-refractivity contribution < 1.29 is 14.3 Å². The van der Waals surface area contributed by atoms with E-state index in [9.17, 15) is 9.59 Å². The van der Waals surface area contributed by atoms with Crippen molar-refractivity contribution in [2.75, 3.05) is 17.7 Å². The molecule has 0 aliphatic rings. The molecule has 0 heterocycles. The van der Waals surface area contributed by atoms with E-state index in [0.717, 1.165) is 28.1 Å². The molecule has 0 aliphatic heterocycles. The number of benzene rings is 3. The Balaban J connectivity index is 1.69. The topological polar surface area (TPSA) is 79.5 Å². The van der Waals surface area contributed by atoms with E-state index in [4.69, 9.17) is 17.0 Å². The van der Waals surface area contributed by atoms with Gasteiger partial charge in [0, 0.05) is 28.2 Å². The fraction of sp³-hybridized carbons (Fsp3) is 0.208. The molecule has 0 spiro atoms. The quantitative estimate of drug-likeness (QED) is 0.344. The summed E-state index contributed by atoms with van der Waals surface area (Å²) >= 11 is 8.84. The number of amides is 2. The van der Waals surface area contributed by atoms with Crippen molar-refractivity contribution in [3.63, 3.8) is 0 Å². The van der Waals surface area contributed by atoms with Gasteiger partial charge in [-0.2, -0.15) is 0 Å². The van der Waals surface area contributed by atoms with Crippen molar-refractivity contribution in [3.05, 3.63) is 64.6 Å². The van der Waals surface area contributed by atoms with E-state index in [1.807, 2.05) is 37.3 Å². The summed E-state index contributed by atoms with van der Waals surface area (Å²) < 4.78 is 6.31. The smallest absolute Gasteiger partial charge is 0.258 e. The van der Waals surface area contributed by atoms with Gasteiger partial charge in [0.2, 0.25) is 5.91 Å². The largest absolute Gasteiger partial charge is 0.494 e. The number of thiocarbonyl (C=S) groups is 1. The van der Waals surface area contributed by atoms with E-state index in [-0.39, 0.29) is 16.9 Å². The lowest BCUT2D eigenvalue weighted by atomic mass is 10.0. The number of fused-ring (bicyclic) bond motifs is 1. The Morgan fingerprint density at radius 3 is 2.53 bits per heavy atom. The number of carbonyl (C=O) groups excluding carboxylic acids is 2. The Kier molecular flexibility index (Phi) is 8.19. The van der Waals surface area contributed by atoms with Crippen LogP contribution in [0.4, 0.5) is 11.4 Å². The zero-order valence-corrected chi connectivity index (χ0v) is 20.2. The van der Waals surface area contributed by atoms with Crippen molar-refractivity contribution in [2.45, 2.75) is 26.2 Å². The molecule has 166 valence electrons. The first-order chi connectivity index (χ1) is 15.4. The fourth-order valence-corrected chi connectivity index (χ4v) is 3.93. The Morgan fingerprint density at radius 2 is 1.78 bits per heavy atom. The monoisotopic (exact) mass is 513 g/mol. The van der Waals surface area contributed by atoms with Crippen molar-refractivity contribution in [2.24, 2.45) is 0 Å². The number of anilines is 2. The lowest BCUT2D eigenvalue weighted by Gasteiger charge is -2.14. The third kappa shape index (κ3) is 5.83. The normalized spacial score (nSPS) is 10.5. The number of ether oxygens (including phenoxy) is 1. The highest BCUT2D eigenvalue weighted by Crippen LogP contribution is 2.29. The van der Waals surface area contributed by atoms with Crippen LogP contribution in [0.25, 0.3) is 10.8 Å². The molecule has 32 heavy (non-hydrogen) atoms. The third-order valence-electron chi connectivity index (χ3n) is 4.83. The average Bonchev–Trinajstić information content (AvgIpc) is 2.78. The zero-order valence-electron chi connectivity index (χ0n) is 17.8. The van der Waals surface area contributed by atoms with Crippen LogP contribution in [0.1, 0.15) is 36.5 Å². The molecule has 6 nitrogen and oxygen atoms in total. The van der Waals surface area contributed by atoms with Crippen LogP contribution in [0.3, 0.4) is 0 Å². The molecule has 0 fully saturated rings. The van der Waals surface area contributed by atoms with Crippen LogP contribution in [0, 0.1) is 0 Å². The molecule has 0 saturated carbocycles. The maximum atomic E-state index is 12.8. The van der Waals surface area contributed by atoms with Crippen LogP contribution in [-0.4, -0.2) is 24.0 Å². The third-order valence-corrected chi connectivity index (χ3v) is 5.73. The van der Waals surface area contributed by atoms with E-state index in [0.29, 0.717) is 29.1 Å². The van der Waals surface area contributed by atoms with Gasteiger partial charge in [-0.25, -0.2) is 0 Å². The summed E-state index contributed by atoms with van der Waals surface area (Å²) in [4.78, 5) is 24.8. The number of hydrogen-bond acceptors (Lipinski definition) is 4. The van der Waals surface area contributed by atoms with Gasteiger partial charge in [-0.3, -0.25) is 14.9 Å². The number of unbranched alkanes of at least 4 members (excludes halogenated alkanes) is 1. The van der Waals surface area contributed by atoms with Crippen molar-refractivity contribution in [1.82, 2.24) is 5.32 Å². The maximum absolute atomic E-state index is 12.8. The molecular formula is C24H24BrN3O3S. The summed E-state index contributed by atoms with van der Waals surface area (Å²) in [5.74, 6) is 0.126. The van der Waals surface area contributed by atoms with Gasteiger partial charge in [0.25, 0.3) is 5.91 Å². The summed E-state index contributed by atoms with van der Waals surface area (Å²) in [6, 6.07) is 16.4. The van der Waals surface area contributed by atoms with Crippen LogP contribution in [0.2, 0.25) is 0 Å². The van der Waals surface area contributed by atoms with Gasteiger partial charge < -0.3 is 15.4 Å². The molecule has 0 unspecified atom stereocenters. The summed E-state index contributed by atoms with van der Waals surface area (Å²) in [7, 11) is 1.53. The second-order valence-corrected chi connectivity index (χ2v) is 8.38. The van der Waals surface area contributed by atoms with Gasteiger partial charge in [-0.15, -0.1) is 0 Å². The number of hydrogen-bond donors (Lipinski definition) is 3. The summed E-state index contributed by atoms with van der Waals surface area (Å²) in [6.45, 7) is 2.04. The molecule has 3 rings (SSSR count). The number of methoxy groups -OCH3 is 1. The number of carbonyl (C=O) groups is 2. The van der Waals surface area contributed by atoms with Crippen LogP contribution in [0.5, 0.6) is 5.75 Å². The molecule has 0 saturated heterocycles.